The number of ether oxygens (including phenoxy) is 1. The molecule has 2 heterocycles. The summed E-state index contributed by atoms with van der Waals surface area (Å²) < 4.78 is 5.87. The van der Waals surface area contributed by atoms with Crippen LogP contribution in [0.3, 0.4) is 0 Å². The zero-order chi connectivity index (χ0) is 23.6. The number of unbranched alkanes of at least 4 members (excludes halogenated alkanes) is 9. The summed E-state index contributed by atoms with van der Waals surface area (Å²) in [5.41, 5.74) is 5.96. The maximum absolute atomic E-state index is 13.0. The van der Waals surface area contributed by atoms with Gasteiger partial charge < -0.3 is 10.5 Å². The van der Waals surface area contributed by atoms with Gasteiger partial charge in [0.05, 0.1) is 17.7 Å². The van der Waals surface area contributed by atoms with Crippen molar-refractivity contribution < 1.29 is 23.9 Å². The van der Waals surface area contributed by atoms with Crippen LogP contribution < -0.4 is 15.8 Å². The number of benzene rings is 1. The number of halogens is 1. The highest BCUT2D eigenvalue weighted by molar-refractivity contribution is 6.24. The number of nitrogens with one attached hydrogen (secondary N) is 1. The van der Waals surface area contributed by atoms with E-state index in [0.29, 0.717) is 12.4 Å². The lowest BCUT2D eigenvalue weighted by Gasteiger charge is -2.27. The van der Waals surface area contributed by atoms with Crippen molar-refractivity contribution in [1.29, 1.82) is 0 Å². The van der Waals surface area contributed by atoms with Crippen molar-refractivity contribution in [2.45, 2.75) is 83.1 Å². The number of hydrogen-bond donors (Lipinski definition) is 2. The summed E-state index contributed by atoms with van der Waals surface area (Å²) in [6.07, 6.45) is 12.0. The molecule has 0 spiro atoms. The minimum absolute atomic E-state index is 0. The summed E-state index contributed by atoms with van der Waals surface area (Å²) in [5.74, 6) is -1.68. The molecule has 0 radical (unpaired) electrons. The maximum atomic E-state index is 13.0. The molecule has 1 aromatic rings. The van der Waals surface area contributed by atoms with Crippen LogP contribution in [-0.4, -0.2) is 47.7 Å². The van der Waals surface area contributed by atoms with Crippen molar-refractivity contribution in [3.8, 4) is 5.75 Å². The molecular formula is C25H36ClN3O5. The van der Waals surface area contributed by atoms with Gasteiger partial charge in [-0.05, 0) is 37.9 Å². The Kier molecular flexibility index (Phi) is 11.5. The number of hydrogen-bond acceptors (Lipinski definition) is 6. The third-order valence-electron chi connectivity index (χ3n) is 6.29. The highest BCUT2D eigenvalue weighted by Gasteiger charge is 2.45. The van der Waals surface area contributed by atoms with Crippen LogP contribution in [0.1, 0.15) is 97.8 Å². The molecule has 0 aliphatic carbocycles. The van der Waals surface area contributed by atoms with E-state index in [9.17, 15) is 19.2 Å². The zero-order valence-electron chi connectivity index (χ0n) is 19.7. The first kappa shape index (κ1) is 27.8. The van der Waals surface area contributed by atoms with Crippen molar-refractivity contribution in [3.05, 3.63) is 29.3 Å². The van der Waals surface area contributed by atoms with Crippen molar-refractivity contribution >= 4 is 36.0 Å². The molecule has 2 aliphatic heterocycles. The fraction of sp³-hybridized carbons (Fsp3) is 0.600. The second kappa shape index (κ2) is 14.1. The molecule has 8 nitrogen and oxygen atoms in total. The van der Waals surface area contributed by atoms with Gasteiger partial charge in [-0.25, -0.2) is 0 Å². The Bertz CT molecular complexity index is 876. The standard InChI is InChI=1S/C25H35N3O5.ClH/c26-16-9-7-5-3-1-2-4-6-8-10-17-33-20-13-11-12-18-22(20)25(32)28(24(18)31)19-14-15-21(29)27-23(19)30;/h11-13,19H,1-10,14-17,26H2,(H,27,29,30);1H. The van der Waals surface area contributed by atoms with Crippen molar-refractivity contribution in [3.63, 3.8) is 0 Å². The number of piperidine rings is 1. The lowest BCUT2D eigenvalue weighted by Crippen LogP contribution is -2.54. The number of nitrogens with two attached hydrogens (primary N) is 1. The Morgan fingerprint density at radius 1 is 0.882 bits per heavy atom. The molecule has 0 saturated carbocycles. The van der Waals surface area contributed by atoms with E-state index in [-0.39, 0.29) is 42.3 Å². The van der Waals surface area contributed by atoms with Gasteiger partial charge in [0.15, 0.2) is 0 Å². The van der Waals surface area contributed by atoms with Crippen LogP contribution in [-0.2, 0) is 9.59 Å². The second-order valence-corrected chi connectivity index (χ2v) is 8.80. The van der Waals surface area contributed by atoms with Crippen molar-refractivity contribution in [1.82, 2.24) is 10.2 Å². The van der Waals surface area contributed by atoms with E-state index in [2.05, 4.69) is 5.32 Å². The van der Waals surface area contributed by atoms with E-state index in [1.165, 1.54) is 38.5 Å². The second-order valence-electron chi connectivity index (χ2n) is 8.80. The Hall–Kier alpha value is -2.45. The number of carbonyl (C=O) groups excluding carboxylic acids is 4. The van der Waals surface area contributed by atoms with E-state index in [1.807, 2.05) is 0 Å². The highest BCUT2D eigenvalue weighted by atomic mass is 35.5. The monoisotopic (exact) mass is 493 g/mol. The Morgan fingerprint density at radius 2 is 1.50 bits per heavy atom. The summed E-state index contributed by atoms with van der Waals surface area (Å²) >= 11 is 0. The van der Waals surface area contributed by atoms with Gasteiger partial charge in [-0.2, -0.15) is 0 Å². The smallest absolute Gasteiger partial charge is 0.266 e. The van der Waals surface area contributed by atoms with Crippen LogP contribution in [0.5, 0.6) is 5.75 Å². The first-order valence-electron chi connectivity index (χ1n) is 12.2. The van der Waals surface area contributed by atoms with Gasteiger partial charge >= 0.3 is 0 Å². The van der Waals surface area contributed by atoms with Gasteiger partial charge in [0.2, 0.25) is 11.8 Å². The number of carbonyl (C=O) groups is 4. The Balaban J connectivity index is 0.00000408. The number of rotatable bonds is 14. The van der Waals surface area contributed by atoms with Crippen LogP contribution >= 0.6 is 12.4 Å². The van der Waals surface area contributed by atoms with E-state index >= 15 is 0 Å². The van der Waals surface area contributed by atoms with E-state index in [1.54, 1.807) is 18.2 Å². The molecule has 9 heteroatoms. The average Bonchev–Trinajstić information content (AvgIpc) is 3.05. The average molecular weight is 494 g/mol. The molecule has 1 unspecified atom stereocenters. The van der Waals surface area contributed by atoms with Crippen molar-refractivity contribution in [2.24, 2.45) is 5.73 Å². The van der Waals surface area contributed by atoms with Gasteiger partial charge in [0.25, 0.3) is 11.8 Å². The first-order valence-corrected chi connectivity index (χ1v) is 12.2. The molecule has 1 aromatic carbocycles. The molecule has 3 rings (SSSR count). The molecule has 1 fully saturated rings. The number of imide groups is 2. The fourth-order valence-electron chi connectivity index (χ4n) is 4.45. The Morgan fingerprint density at radius 3 is 2.12 bits per heavy atom. The molecule has 0 aromatic heterocycles. The number of amides is 4. The third-order valence-corrected chi connectivity index (χ3v) is 6.29. The van der Waals surface area contributed by atoms with Crippen LogP contribution in [0.4, 0.5) is 0 Å². The molecule has 0 bridgehead atoms. The topological polar surface area (TPSA) is 119 Å². The molecule has 1 saturated heterocycles. The first-order chi connectivity index (χ1) is 16.0. The number of fused-ring (bicyclic) bond motifs is 1. The van der Waals surface area contributed by atoms with Crippen LogP contribution in [0, 0.1) is 0 Å². The Labute approximate surface area is 207 Å². The summed E-state index contributed by atoms with van der Waals surface area (Å²) in [4.78, 5) is 50.5. The highest BCUT2D eigenvalue weighted by Crippen LogP contribution is 2.33. The normalized spacial score (nSPS) is 17.4. The summed E-state index contributed by atoms with van der Waals surface area (Å²) in [6.45, 7) is 1.26. The molecule has 1 atom stereocenters. The molecule has 3 N–H and O–H groups in total. The summed E-state index contributed by atoms with van der Waals surface area (Å²) in [7, 11) is 0. The lowest BCUT2D eigenvalue weighted by atomic mass is 10.0. The van der Waals surface area contributed by atoms with E-state index in [0.717, 1.165) is 37.1 Å². The van der Waals surface area contributed by atoms with Crippen LogP contribution in [0.15, 0.2) is 18.2 Å². The molecule has 188 valence electrons. The maximum Gasteiger partial charge on any atom is 0.266 e. The van der Waals surface area contributed by atoms with Gasteiger partial charge in [0, 0.05) is 6.42 Å². The van der Waals surface area contributed by atoms with Crippen molar-refractivity contribution in [2.75, 3.05) is 13.2 Å². The molecule has 2 aliphatic rings. The van der Waals surface area contributed by atoms with Gasteiger partial charge in [0.1, 0.15) is 11.8 Å². The largest absolute Gasteiger partial charge is 0.493 e. The minimum atomic E-state index is -0.969. The quantitative estimate of drug-likeness (QED) is 0.301. The summed E-state index contributed by atoms with van der Waals surface area (Å²) in [6, 6.07) is 3.97. The van der Waals surface area contributed by atoms with Crippen LogP contribution in [0.2, 0.25) is 0 Å². The number of nitrogens with zero attached hydrogens (tertiary/aromatic N) is 1. The SMILES string of the molecule is Cl.NCCCCCCCCCCCCOc1cccc2c1C(=O)N(C1CCC(=O)NC1=O)C2=O. The fourth-order valence-corrected chi connectivity index (χ4v) is 4.45. The van der Waals surface area contributed by atoms with Gasteiger partial charge in [-0.3, -0.25) is 29.4 Å². The van der Waals surface area contributed by atoms with E-state index < -0.39 is 23.8 Å². The van der Waals surface area contributed by atoms with Crippen LogP contribution in [0.25, 0.3) is 0 Å². The molecule has 4 amide bonds. The predicted octanol–water partition coefficient (Wildman–Crippen LogP) is 3.75. The van der Waals surface area contributed by atoms with Gasteiger partial charge in [-0.1, -0.05) is 57.4 Å². The molecule has 34 heavy (non-hydrogen) atoms. The molecular weight excluding hydrogens is 458 g/mol. The predicted molar refractivity (Wildman–Crippen MR) is 131 cm³/mol. The summed E-state index contributed by atoms with van der Waals surface area (Å²) in [5, 5.41) is 2.21. The lowest BCUT2D eigenvalue weighted by molar-refractivity contribution is -0.136. The third kappa shape index (κ3) is 7.03. The minimum Gasteiger partial charge on any atom is -0.493 e. The van der Waals surface area contributed by atoms with Gasteiger partial charge in [-0.15, -0.1) is 12.4 Å². The zero-order valence-corrected chi connectivity index (χ0v) is 20.5. The van der Waals surface area contributed by atoms with E-state index in [4.69, 9.17) is 10.5 Å².